The number of nitro groups is 1. The normalized spacial score (nSPS) is 10.4. The number of ether oxygens (including phenoxy) is 1. The minimum atomic E-state index is -0.460. The van der Waals surface area contributed by atoms with Gasteiger partial charge >= 0.3 is 5.69 Å². The van der Waals surface area contributed by atoms with E-state index in [1.165, 1.54) is 17.1 Å². The molecule has 7 heteroatoms. The second-order valence-electron chi connectivity index (χ2n) is 4.91. The maximum Gasteiger partial charge on any atom is 0.307 e. The van der Waals surface area contributed by atoms with E-state index in [2.05, 4.69) is 10.1 Å². The molecule has 0 N–H and O–H groups in total. The van der Waals surface area contributed by atoms with Gasteiger partial charge in [0.15, 0.2) is 0 Å². The largest absolute Gasteiger partial charge is 0.487 e. The summed E-state index contributed by atoms with van der Waals surface area (Å²) < 4.78 is 7.19. The lowest BCUT2D eigenvalue weighted by Crippen LogP contribution is -2.00. The summed E-state index contributed by atoms with van der Waals surface area (Å²) in [4.78, 5) is 14.4. The first-order valence-electron chi connectivity index (χ1n) is 6.99. The van der Waals surface area contributed by atoms with Gasteiger partial charge in [-0.25, -0.2) is 0 Å². The zero-order valence-electron chi connectivity index (χ0n) is 12.2. The van der Waals surface area contributed by atoms with E-state index in [9.17, 15) is 10.1 Å². The fourth-order valence-corrected chi connectivity index (χ4v) is 2.05. The van der Waals surface area contributed by atoms with Crippen molar-refractivity contribution in [1.82, 2.24) is 14.8 Å². The Hall–Kier alpha value is -3.22. The number of benzene rings is 1. The van der Waals surface area contributed by atoms with Crippen LogP contribution in [0.15, 0.2) is 61.1 Å². The minimum absolute atomic E-state index is 0.0136. The molecule has 0 spiro atoms. The molecule has 0 atom stereocenters. The molecule has 0 aliphatic heterocycles. The highest BCUT2D eigenvalue weighted by Gasteiger charge is 2.08. The number of nitrogens with zero attached hydrogens (tertiary/aromatic N) is 4. The van der Waals surface area contributed by atoms with Crippen molar-refractivity contribution in [3.8, 4) is 5.75 Å². The van der Waals surface area contributed by atoms with Gasteiger partial charge in [-0.05, 0) is 29.8 Å². The predicted octanol–water partition coefficient (Wildman–Crippen LogP) is 2.81. The van der Waals surface area contributed by atoms with Crippen molar-refractivity contribution in [2.45, 2.75) is 13.2 Å². The van der Waals surface area contributed by atoms with Crippen molar-refractivity contribution in [1.29, 1.82) is 0 Å². The van der Waals surface area contributed by atoms with E-state index < -0.39 is 4.92 Å². The average Bonchev–Trinajstić information content (AvgIpc) is 3.04. The number of hydrogen-bond donors (Lipinski definition) is 0. The molecule has 0 radical (unpaired) electrons. The molecule has 116 valence electrons. The molecular weight excluding hydrogens is 296 g/mol. The Labute approximate surface area is 132 Å². The quantitative estimate of drug-likeness (QED) is 0.516. The summed E-state index contributed by atoms with van der Waals surface area (Å²) in [6.07, 6.45) is 4.38. The van der Waals surface area contributed by atoms with Gasteiger partial charge in [0.1, 0.15) is 24.8 Å². The van der Waals surface area contributed by atoms with E-state index in [0.717, 1.165) is 17.0 Å². The van der Waals surface area contributed by atoms with Gasteiger partial charge in [0.05, 0.1) is 17.2 Å². The standard InChI is InChI=1S/C16H14N4O3/c21-20(22)15-9-18-19(11-15)10-13-4-6-16(7-5-13)23-12-14-3-1-2-8-17-14/h1-9,11H,10,12H2. The van der Waals surface area contributed by atoms with Gasteiger partial charge < -0.3 is 4.74 Å². The van der Waals surface area contributed by atoms with Gasteiger partial charge in [0.2, 0.25) is 0 Å². The molecule has 23 heavy (non-hydrogen) atoms. The van der Waals surface area contributed by atoms with Crippen LogP contribution in [0.1, 0.15) is 11.3 Å². The average molecular weight is 310 g/mol. The zero-order chi connectivity index (χ0) is 16.1. The van der Waals surface area contributed by atoms with Crippen molar-refractivity contribution in [2.24, 2.45) is 0 Å². The van der Waals surface area contributed by atoms with Crippen LogP contribution in [0.2, 0.25) is 0 Å². The SMILES string of the molecule is O=[N+]([O-])c1cnn(Cc2ccc(OCc3ccccn3)cc2)c1. The molecule has 0 amide bonds. The molecule has 1 aromatic carbocycles. The lowest BCUT2D eigenvalue weighted by atomic mass is 10.2. The van der Waals surface area contributed by atoms with Crippen LogP contribution in [0.5, 0.6) is 5.75 Å². The number of pyridine rings is 1. The molecule has 2 heterocycles. The summed E-state index contributed by atoms with van der Waals surface area (Å²) in [6.45, 7) is 0.875. The molecule has 0 aliphatic carbocycles. The Balaban J connectivity index is 1.59. The third-order valence-electron chi connectivity index (χ3n) is 3.21. The molecule has 0 saturated heterocycles. The highest BCUT2D eigenvalue weighted by Crippen LogP contribution is 2.15. The summed E-state index contributed by atoms with van der Waals surface area (Å²) in [5, 5.41) is 14.6. The van der Waals surface area contributed by atoms with Crippen LogP contribution in [0.3, 0.4) is 0 Å². The van der Waals surface area contributed by atoms with Crippen molar-refractivity contribution < 1.29 is 9.66 Å². The van der Waals surface area contributed by atoms with Crippen molar-refractivity contribution in [2.75, 3.05) is 0 Å². The number of aromatic nitrogens is 3. The van der Waals surface area contributed by atoms with Crippen LogP contribution in [-0.4, -0.2) is 19.7 Å². The first kappa shape index (κ1) is 14.7. The van der Waals surface area contributed by atoms with Crippen LogP contribution in [0, 0.1) is 10.1 Å². The van der Waals surface area contributed by atoms with Crippen LogP contribution in [0.25, 0.3) is 0 Å². The molecule has 0 aliphatic rings. The highest BCUT2D eigenvalue weighted by molar-refractivity contribution is 5.28. The fourth-order valence-electron chi connectivity index (χ4n) is 2.05. The molecule has 0 saturated carbocycles. The van der Waals surface area contributed by atoms with Gasteiger partial charge in [0, 0.05) is 6.20 Å². The summed E-state index contributed by atoms with van der Waals surface area (Å²) >= 11 is 0. The summed E-state index contributed by atoms with van der Waals surface area (Å²) in [5.41, 5.74) is 1.83. The molecule has 2 aromatic heterocycles. The topological polar surface area (TPSA) is 83.1 Å². The second kappa shape index (κ2) is 6.69. The zero-order valence-corrected chi connectivity index (χ0v) is 12.2. The van der Waals surface area contributed by atoms with E-state index in [1.54, 1.807) is 6.20 Å². The lowest BCUT2D eigenvalue weighted by Gasteiger charge is -2.07. The Morgan fingerprint density at radius 2 is 2.00 bits per heavy atom. The maximum absolute atomic E-state index is 10.6. The van der Waals surface area contributed by atoms with E-state index in [4.69, 9.17) is 4.74 Å². The van der Waals surface area contributed by atoms with E-state index in [-0.39, 0.29) is 5.69 Å². The first-order valence-corrected chi connectivity index (χ1v) is 6.99. The van der Waals surface area contributed by atoms with E-state index >= 15 is 0 Å². The third-order valence-corrected chi connectivity index (χ3v) is 3.21. The maximum atomic E-state index is 10.6. The van der Waals surface area contributed by atoms with Gasteiger partial charge in [-0.2, -0.15) is 5.10 Å². The molecule has 7 nitrogen and oxygen atoms in total. The Morgan fingerprint density at radius 1 is 1.17 bits per heavy atom. The first-order chi connectivity index (χ1) is 11.2. The Morgan fingerprint density at radius 3 is 2.65 bits per heavy atom. The third kappa shape index (κ3) is 3.91. The minimum Gasteiger partial charge on any atom is -0.487 e. The summed E-state index contributed by atoms with van der Waals surface area (Å²) in [7, 11) is 0. The van der Waals surface area contributed by atoms with E-state index in [0.29, 0.717) is 13.2 Å². The van der Waals surface area contributed by atoms with Crippen LogP contribution < -0.4 is 4.74 Å². The van der Waals surface area contributed by atoms with E-state index in [1.807, 2.05) is 42.5 Å². The predicted molar refractivity (Wildman–Crippen MR) is 83.0 cm³/mol. The van der Waals surface area contributed by atoms with Crippen molar-refractivity contribution >= 4 is 5.69 Å². The van der Waals surface area contributed by atoms with Crippen molar-refractivity contribution in [3.63, 3.8) is 0 Å². The smallest absolute Gasteiger partial charge is 0.307 e. The number of hydrogen-bond acceptors (Lipinski definition) is 5. The van der Waals surface area contributed by atoms with Crippen LogP contribution in [0.4, 0.5) is 5.69 Å². The van der Waals surface area contributed by atoms with Crippen molar-refractivity contribution in [3.05, 3.63) is 82.4 Å². The Kier molecular flexibility index (Phi) is 4.28. The van der Waals surface area contributed by atoms with Gasteiger partial charge in [-0.3, -0.25) is 19.8 Å². The summed E-state index contributed by atoms with van der Waals surface area (Å²) in [5.74, 6) is 0.742. The Bertz CT molecular complexity index is 785. The molecule has 0 fully saturated rings. The monoisotopic (exact) mass is 310 g/mol. The lowest BCUT2D eigenvalue weighted by molar-refractivity contribution is -0.385. The highest BCUT2D eigenvalue weighted by atomic mass is 16.6. The van der Waals surface area contributed by atoms with Gasteiger partial charge in [0.25, 0.3) is 0 Å². The van der Waals surface area contributed by atoms with Gasteiger partial charge in [-0.1, -0.05) is 18.2 Å². The molecule has 0 bridgehead atoms. The molecule has 3 aromatic rings. The van der Waals surface area contributed by atoms with Crippen LogP contribution in [-0.2, 0) is 13.2 Å². The van der Waals surface area contributed by atoms with Gasteiger partial charge in [-0.15, -0.1) is 0 Å². The second-order valence-corrected chi connectivity index (χ2v) is 4.91. The molecule has 0 unspecified atom stereocenters. The summed E-state index contributed by atoms with van der Waals surface area (Å²) in [6, 6.07) is 13.2. The molecular formula is C16H14N4O3. The fraction of sp³-hybridized carbons (Fsp3) is 0.125. The molecule has 3 rings (SSSR count). The number of rotatable bonds is 6. The van der Waals surface area contributed by atoms with Crippen LogP contribution >= 0.6 is 0 Å².